The van der Waals surface area contributed by atoms with Crippen LogP contribution in [0.2, 0.25) is 5.02 Å². The highest BCUT2D eigenvalue weighted by atomic mass is 35.5. The molecule has 9 heteroatoms. The van der Waals surface area contributed by atoms with Crippen molar-refractivity contribution in [2.45, 2.75) is 26.7 Å². The van der Waals surface area contributed by atoms with Gasteiger partial charge in [-0.1, -0.05) is 11.6 Å². The Morgan fingerprint density at radius 2 is 1.67 bits per heavy atom. The van der Waals surface area contributed by atoms with Gasteiger partial charge in [-0.3, -0.25) is 4.79 Å². The van der Waals surface area contributed by atoms with Crippen LogP contribution in [0.1, 0.15) is 34.7 Å². The number of esters is 2. The maximum atomic E-state index is 12.3. The van der Waals surface area contributed by atoms with Gasteiger partial charge in [0.15, 0.2) is 12.0 Å². The lowest BCUT2D eigenvalue weighted by Crippen LogP contribution is -2.30. The van der Waals surface area contributed by atoms with Gasteiger partial charge in [0, 0.05) is 20.4 Å². The van der Waals surface area contributed by atoms with E-state index in [1.807, 2.05) is 0 Å². The van der Waals surface area contributed by atoms with Crippen LogP contribution in [0.25, 0.3) is 0 Å². The Bertz CT molecular complexity index is 652. The topological polar surface area (TPSA) is 93.1 Å². The number of carbonyl (C=O) groups excluding carboxylic acids is 2. The molecule has 0 saturated carbocycles. The molecular weight excluding hydrogens is 342 g/mol. The van der Waals surface area contributed by atoms with Crippen molar-refractivity contribution in [1.82, 2.24) is 4.57 Å². The fourth-order valence-corrected chi connectivity index (χ4v) is 2.23. The summed E-state index contributed by atoms with van der Waals surface area (Å²) in [6, 6.07) is 0. The summed E-state index contributed by atoms with van der Waals surface area (Å²) in [6.45, 7) is 3.42. The average Bonchev–Trinajstić information content (AvgIpc) is 2.55. The van der Waals surface area contributed by atoms with E-state index in [4.69, 9.17) is 30.5 Å². The van der Waals surface area contributed by atoms with Crippen molar-refractivity contribution < 1.29 is 28.5 Å². The first-order valence-electron chi connectivity index (χ1n) is 7.23. The number of carbonyl (C=O) groups is 2. The van der Waals surface area contributed by atoms with Gasteiger partial charge in [0.05, 0.1) is 19.8 Å². The van der Waals surface area contributed by atoms with Crippen molar-refractivity contribution in [3.8, 4) is 0 Å². The van der Waals surface area contributed by atoms with Crippen LogP contribution in [-0.2, 0) is 25.5 Å². The number of pyridine rings is 1. The van der Waals surface area contributed by atoms with Crippen LogP contribution >= 0.6 is 11.6 Å². The van der Waals surface area contributed by atoms with Crippen molar-refractivity contribution >= 4 is 23.5 Å². The number of hydrogen-bond acceptors (Lipinski definition) is 7. The molecule has 134 valence electrons. The third-order valence-corrected chi connectivity index (χ3v) is 3.41. The van der Waals surface area contributed by atoms with Crippen LogP contribution in [0.5, 0.6) is 0 Å². The molecule has 0 atom stereocenters. The van der Waals surface area contributed by atoms with Crippen LogP contribution in [0, 0.1) is 0 Å². The molecule has 1 aromatic heterocycles. The number of ether oxygens (including phenoxy) is 4. The quantitative estimate of drug-likeness (QED) is 0.511. The SMILES string of the molecule is CCOC(=O)c1cn(CC(OC)OC)c(C(=O)OCC)c(Cl)c1=O. The summed E-state index contributed by atoms with van der Waals surface area (Å²) in [6.07, 6.45) is 0.454. The van der Waals surface area contributed by atoms with E-state index in [9.17, 15) is 14.4 Å². The third-order valence-electron chi connectivity index (χ3n) is 3.06. The van der Waals surface area contributed by atoms with Crippen LogP contribution < -0.4 is 5.43 Å². The molecule has 0 unspecified atom stereocenters. The zero-order valence-corrected chi connectivity index (χ0v) is 14.7. The van der Waals surface area contributed by atoms with E-state index in [0.29, 0.717) is 0 Å². The minimum absolute atomic E-state index is 0.00749. The summed E-state index contributed by atoms with van der Waals surface area (Å²) in [5.41, 5.74) is -1.28. The van der Waals surface area contributed by atoms with Gasteiger partial charge in [0.2, 0.25) is 5.43 Å². The molecular formula is C15H20ClNO7. The zero-order chi connectivity index (χ0) is 18.3. The van der Waals surface area contributed by atoms with Gasteiger partial charge in [0.1, 0.15) is 10.6 Å². The van der Waals surface area contributed by atoms with Gasteiger partial charge in [-0.05, 0) is 13.8 Å². The Morgan fingerprint density at radius 1 is 1.12 bits per heavy atom. The molecule has 0 bridgehead atoms. The molecule has 0 aliphatic heterocycles. The summed E-state index contributed by atoms with van der Waals surface area (Å²) >= 11 is 6.02. The first kappa shape index (κ1) is 20.1. The van der Waals surface area contributed by atoms with Gasteiger partial charge in [-0.15, -0.1) is 0 Å². The average molecular weight is 362 g/mol. The van der Waals surface area contributed by atoms with Gasteiger partial charge in [0.25, 0.3) is 0 Å². The van der Waals surface area contributed by atoms with E-state index in [1.165, 1.54) is 25.0 Å². The Balaban J connectivity index is 3.50. The molecule has 0 aromatic carbocycles. The second-order valence-electron chi connectivity index (χ2n) is 4.53. The molecule has 24 heavy (non-hydrogen) atoms. The number of aromatic nitrogens is 1. The lowest BCUT2D eigenvalue weighted by molar-refractivity contribution is -0.111. The summed E-state index contributed by atoms with van der Waals surface area (Å²) < 4.78 is 21.2. The molecule has 0 radical (unpaired) electrons. The fourth-order valence-electron chi connectivity index (χ4n) is 1.94. The second kappa shape index (κ2) is 9.41. The first-order valence-corrected chi connectivity index (χ1v) is 7.61. The number of halogens is 1. The highest BCUT2D eigenvalue weighted by molar-refractivity contribution is 6.33. The van der Waals surface area contributed by atoms with Gasteiger partial charge in [-0.2, -0.15) is 0 Å². The van der Waals surface area contributed by atoms with E-state index in [1.54, 1.807) is 13.8 Å². The predicted octanol–water partition coefficient (Wildman–Crippen LogP) is 1.47. The predicted molar refractivity (Wildman–Crippen MR) is 85.4 cm³/mol. The van der Waals surface area contributed by atoms with E-state index < -0.39 is 28.7 Å². The molecule has 1 rings (SSSR count). The monoisotopic (exact) mass is 361 g/mol. The lowest BCUT2D eigenvalue weighted by Gasteiger charge is -2.19. The molecule has 0 amide bonds. The lowest BCUT2D eigenvalue weighted by atomic mass is 10.2. The number of methoxy groups -OCH3 is 2. The standard InChI is InChI=1S/C15H20ClNO7/c1-5-23-14(19)9-7-17(8-10(21-3)22-4)12(11(16)13(9)18)15(20)24-6-2/h7,10H,5-6,8H2,1-4H3. The maximum Gasteiger partial charge on any atom is 0.356 e. The first-order chi connectivity index (χ1) is 11.4. The molecule has 8 nitrogen and oxygen atoms in total. The van der Waals surface area contributed by atoms with Gasteiger partial charge >= 0.3 is 11.9 Å². The zero-order valence-electron chi connectivity index (χ0n) is 14.0. The van der Waals surface area contributed by atoms with E-state index in [-0.39, 0.29) is 31.0 Å². The van der Waals surface area contributed by atoms with Crippen LogP contribution in [0.4, 0.5) is 0 Å². The number of nitrogens with zero attached hydrogens (tertiary/aromatic N) is 1. The molecule has 0 spiro atoms. The third kappa shape index (κ3) is 4.56. The summed E-state index contributed by atoms with van der Waals surface area (Å²) in [7, 11) is 2.82. The van der Waals surface area contributed by atoms with Gasteiger partial charge < -0.3 is 23.5 Å². The number of hydrogen-bond donors (Lipinski definition) is 0. The Labute approximate surface area is 144 Å². The highest BCUT2D eigenvalue weighted by Crippen LogP contribution is 2.16. The maximum absolute atomic E-state index is 12.3. The van der Waals surface area contributed by atoms with Crippen molar-refractivity contribution in [3.63, 3.8) is 0 Å². The van der Waals surface area contributed by atoms with E-state index >= 15 is 0 Å². The minimum atomic E-state index is -0.833. The smallest absolute Gasteiger partial charge is 0.356 e. The van der Waals surface area contributed by atoms with Crippen molar-refractivity contribution in [1.29, 1.82) is 0 Å². The molecule has 0 N–H and O–H groups in total. The second-order valence-corrected chi connectivity index (χ2v) is 4.91. The van der Waals surface area contributed by atoms with Crippen LogP contribution in [-0.4, -0.2) is 50.2 Å². The van der Waals surface area contributed by atoms with Crippen LogP contribution in [0.15, 0.2) is 11.0 Å². The fraction of sp³-hybridized carbons (Fsp3) is 0.533. The normalized spacial score (nSPS) is 10.8. The molecule has 1 heterocycles. The van der Waals surface area contributed by atoms with E-state index in [0.717, 1.165) is 0 Å². The summed E-state index contributed by atoms with van der Waals surface area (Å²) in [5.74, 6) is -1.62. The largest absolute Gasteiger partial charge is 0.462 e. The Morgan fingerprint density at radius 3 is 2.17 bits per heavy atom. The molecule has 0 fully saturated rings. The van der Waals surface area contributed by atoms with E-state index in [2.05, 4.69) is 0 Å². The molecule has 1 aromatic rings. The highest BCUT2D eigenvalue weighted by Gasteiger charge is 2.25. The molecule has 0 saturated heterocycles. The van der Waals surface area contributed by atoms with Crippen molar-refractivity contribution in [3.05, 3.63) is 32.7 Å². The van der Waals surface area contributed by atoms with Gasteiger partial charge in [-0.25, -0.2) is 9.59 Å². The Kier molecular flexibility index (Phi) is 7.90. The molecule has 0 aliphatic rings. The molecule has 0 aliphatic carbocycles. The summed E-state index contributed by atoms with van der Waals surface area (Å²) in [5, 5.41) is -0.426. The van der Waals surface area contributed by atoms with Crippen molar-refractivity contribution in [2.24, 2.45) is 0 Å². The Hall–Kier alpha value is -1.90. The van der Waals surface area contributed by atoms with Crippen LogP contribution in [0.3, 0.4) is 0 Å². The summed E-state index contributed by atoms with van der Waals surface area (Å²) in [4.78, 5) is 36.3. The minimum Gasteiger partial charge on any atom is -0.462 e. The van der Waals surface area contributed by atoms with Crippen molar-refractivity contribution in [2.75, 3.05) is 27.4 Å². The number of rotatable bonds is 8.